The summed E-state index contributed by atoms with van der Waals surface area (Å²) in [6.07, 6.45) is 0. The molecule has 0 aliphatic heterocycles. The van der Waals surface area contributed by atoms with Crippen molar-refractivity contribution in [2.24, 2.45) is 0 Å². The van der Waals surface area contributed by atoms with Crippen LogP contribution in [0.15, 0.2) is 66.7 Å². The Morgan fingerprint density at radius 3 is 2.59 bits per heavy atom. The molecule has 22 heavy (non-hydrogen) atoms. The van der Waals surface area contributed by atoms with Crippen molar-refractivity contribution in [3.8, 4) is 5.75 Å². The summed E-state index contributed by atoms with van der Waals surface area (Å²) >= 11 is 0. The van der Waals surface area contributed by atoms with E-state index in [1.165, 1.54) is 21.9 Å². The molecule has 0 heterocycles. The lowest BCUT2D eigenvalue weighted by Gasteiger charge is -2.14. The maximum Gasteiger partial charge on any atom is 0.119 e. The number of nitrogens with two attached hydrogens (primary N) is 1. The zero-order valence-corrected chi connectivity index (χ0v) is 13.1. The molecule has 0 bridgehead atoms. The topological polar surface area (TPSA) is 25.8 Å². The first kappa shape index (κ1) is 14.6. The van der Waals surface area contributed by atoms with Crippen molar-refractivity contribution in [2.45, 2.75) is 19.5 Å². The molecule has 0 fully saturated rings. The predicted octanol–water partition coefficient (Wildman–Crippen LogP) is 3.67. The van der Waals surface area contributed by atoms with Crippen molar-refractivity contribution >= 4 is 10.8 Å². The Bertz CT molecular complexity index is 761. The lowest BCUT2D eigenvalue weighted by Crippen LogP contribution is -2.83. The van der Waals surface area contributed by atoms with Crippen molar-refractivity contribution in [3.05, 3.63) is 77.9 Å². The number of hydrogen-bond donors (Lipinski definition) is 1. The first-order chi connectivity index (χ1) is 10.8. The van der Waals surface area contributed by atoms with Crippen molar-refractivity contribution in [1.82, 2.24) is 0 Å². The fourth-order valence-electron chi connectivity index (χ4n) is 2.89. The van der Waals surface area contributed by atoms with Gasteiger partial charge in [0.1, 0.15) is 18.3 Å². The van der Waals surface area contributed by atoms with Gasteiger partial charge in [-0.15, -0.1) is 0 Å². The summed E-state index contributed by atoms with van der Waals surface area (Å²) in [5, 5.41) is 5.03. The highest BCUT2D eigenvalue weighted by atomic mass is 16.5. The van der Waals surface area contributed by atoms with Crippen molar-refractivity contribution in [3.63, 3.8) is 0 Å². The zero-order valence-electron chi connectivity index (χ0n) is 13.1. The van der Waals surface area contributed by atoms with Crippen LogP contribution in [0.5, 0.6) is 5.75 Å². The van der Waals surface area contributed by atoms with E-state index in [-0.39, 0.29) is 0 Å². The van der Waals surface area contributed by atoms with E-state index in [1.54, 1.807) is 7.11 Å². The molecule has 0 spiro atoms. The second-order valence-electron chi connectivity index (χ2n) is 5.65. The Labute approximate surface area is 131 Å². The summed E-state index contributed by atoms with van der Waals surface area (Å²) in [4.78, 5) is 0. The molecule has 3 aromatic carbocycles. The van der Waals surface area contributed by atoms with Gasteiger partial charge in [-0.2, -0.15) is 0 Å². The Balaban J connectivity index is 1.77. The van der Waals surface area contributed by atoms with Crippen molar-refractivity contribution in [2.75, 3.05) is 7.11 Å². The van der Waals surface area contributed by atoms with E-state index in [0.29, 0.717) is 6.04 Å². The van der Waals surface area contributed by atoms with E-state index in [9.17, 15) is 0 Å². The molecule has 0 aliphatic rings. The van der Waals surface area contributed by atoms with Gasteiger partial charge in [-0.05, 0) is 29.8 Å². The second kappa shape index (κ2) is 6.63. The molecule has 3 aromatic rings. The van der Waals surface area contributed by atoms with E-state index >= 15 is 0 Å². The minimum absolute atomic E-state index is 0.414. The molecule has 3 rings (SSSR count). The van der Waals surface area contributed by atoms with Gasteiger partial charge in [0, 0.05) is 11.1 Å². The van der Waals surface area contributed by atoms with Crippen LogP contribution in [0.3, 0.4) is 0 Å². The second-order valence-corrected chi connectivity index (χ2v) is 5.65. The largest absolute Gasteiger partial charge is 0.497 e. The molecule has 2 heteroatoms. The lowest BCUT2D eigenvalue weighted by atomic mass is 9.99. The van der Waals surface area contributed by atoms with Crippen molar-refractivity contribution in [1.29, 1.82) is 0 Å². The average molecular weight is 292 g/mol. The van der Waals surface area contributed by atoms with E-state index in [2.05, 4.69) is 66.8 Å². The summed E-state index contributed by atoms with van der Waals surface area (Å²) in [5.41, 5.74) is 2.67. The predicted molar refractivity (Wildman–Crippen MR) is 91.0 cm³/mol. The van der Waals surface area contributed by atoms with Crippen LogP contribution in [0.25, 0.3) is 10.8 Å². The molecule has 0 radical (unpaired) electrons. The third-order valence-corrected chi connectivity index (χ3v) is 4.16. The van der Waals surface area contributed by atoms with E-state index in [0.717, 1.165) is 12.3 Å². The van der Waals surface area contributed by atoms with Crippen LogP contribution >= 0.6 is 0 Å². The standard InChI is InChI=1S/C20H21NO/c1-15(21-14-16-7-5-10-18(13-16)22-2)19-12-6-9-17-8-3-4-11-20(17)19/h3-13,15,21H,14H2,1-2H3/p+1. The van der Waals surface area contributed by atoms with Gasteiger partial charge in [0.25, 0.3) is 0 Å². The maximum absolute atomic E-state index is 5.29. The first-order valence-electron chi connectivity index (χ1n) is 7.72. The summed E-state index contributed by atoms with van der Waals surface area (Å²) in [7, 11) is 1.71. The SMILES string of the molecule is COc1cccc(C[NH2+]C(C)c2cccc3ccccc23)c1. The molecule has 2 N–H and O–H groups in total. The van der Waals surface area contributed by atoms with Crippen molar-refractivity contribution < 1.29 is 10.1 Å². The zero-order chi connectivity index (χ0) is 15.4. The van der Waals surface area contributed by atoms with Gasteiger partial charge < -0.3 is 10.1 Å². The maximum atomic E-state index is 5.29. The van der Waals surface area contributed by atoms with Crippen LogP contribution in [0.4, 0.5) is 0 Å². The average Bonchev–Trinajstić information content (AvgIpc) is 2.59. The van der Waals surface area contributed by atoms with Crippen LogP contribution in [0.1, 0.15) is 24.1 Å². The highest BCUT2D eigenvalue weighted by Crippen LogP contribution is 2.22. The van der Waals surface area contributed by atoms with Gasteiger partial charge in [0.2, 0.25) is 0 Å². The number of ether oxygens (including phenoxy) is 1. The monoisotopic (exact) mass is 292 g/mol. The van der Waals surface area contributed by atoms with Gasteiger partial charge in [-0.3, -0.25) is 0 Å². The van der Waals surface area contributed by atoms with E-state index < -0.39 is 0 Å². The summed E-state index contributed by atoms with van der Waals surface area (Å²) in [5.74, 6) is 0.920. The Morgan fingerprint density at radius 2 is 1.73 bits per heavy atom. The van der Waals surface area contributed by atoms with Gasteiger partial charge >= 0.3 is 0 Å². The Hall–Kier alpha value is -2.32. The van der Waals surface area contributed by atoms with E-state index in [1.807, 2.05) is 12.1 Å². The Kier molecular flexibility index (Phi) is 4.40. The number of quaternary nitrogens is 1. The van der Waals surface area contributed by atoms with Crippen LogP contribution in [-0.4, -0.2) is 7.11 Å². The molecule has 0 aliphatic carbocycles. The van der Waals surface area contributed by atoms with Gasteiger partial charge in [0.05, 0.1) is 7.11 Å². The molecule has 2 nitrogen and oxygen atoms in total. The summed E-state index contributed by atoms with van der Waals surface area (Å²) in [6.45, 7) is 3.21. The molecule has 1 unspecified atom stereocenters. The highest BCUT2D eigenvalue weighted by molar-refractivity contribution is 5.85. The molecule has 112 valence electrons. The molecule has 0 saturated carbocycles. The molecule has 0 amide bonds. The van der Waals surface area contributed by atoms with Crippen LogP contribution in [0.2, 0.25) is 0 Å². The number of fused-ring (bicyclic) bond motifs is 1. The molecular formula is C20H22NO+. The fourth-order valence-corrected chi connectivity index (χ4v) is 2.89. The highest BCUT2D eigenvalue weighted by Gasteiger charge is 2.12. The smallest absolute Gasteiger partial charge is 0.119 e. The minimum Gasteiger partial charge on any atom is -0.497 e. The number of rotatable bonds is 5. The normalized spacial score (nSPS) is 12.3. The summed E-state index contributed by atoms with van der Waals surface area (Å²) in [6, 6.07) is 23.8. The number of methoxy groups -OCH3 is 1. The van der Waals surface area contributed by atoms with Gasteiger partial charge in [0.15, 0.2) is 0 Å². The minimum atomic E-state index is 0.414. The van der Waals surface area contributed by atoms with Crippen LogP contribution in [0, 0.1) is 0 Å². The van der Waals surface area contributed by atoms with Gasteiger partial charge in [-0.1, -0.05) is 54.6 Å². The lowest BCUT2D eigenvalue weighted by molar-refractivity contribution is -0.707. The summed E-state index contributed by atoms with van der Waals surface area (Å²) < 4.78 is 5.29. The molecule has 1 atom stereocenters. The molecule has 0 saturated heterocycles. The molecule has 0 aromatic heterocycles. The third kappa shape index (κ3) is 3.12. The third-order valence-electron chi connectivity index (χ3n) is 4.16. The van der Waals surface area contributed by atoms with Gasteiger partial charge in [-0.25, -0.2) is 0 Å². The molecular weight excluding hydrogens is 270 g/mol. The fraction of sp³-hybridized carbons (Fsp3) is 0.200. The number of hydrogen-bond acceptors (Lipinski definition) is 1. The van der Waals surface area contributed by atoms with Crippen LogP contribution < -0.4 is 10.1 Å². The van der Waals surface area contributed by atoms with Crippen LogP contribution in [-0.2, 0) is 6.54 Å². The Morgan fingerprint density at radius 1 is 0.955 bits per heavy atom. The number of benzene rings is 3. The first-order valence-corrected chi connectivity index (χ1v) is 7.72. The quantitative estimate of drug-likeness (QED) is 0.763. The van der Waals surface area contributed by atoms with E-state index in [4.69, 9.17) is 4.74 Å².